The third-order valence-electron chi connectivity index (χ3n) is 4.14. The molecule has 1 fully saturated rings. The van der Waals surface area contributed by atoms with Crippen molar-refractivity contribution in [2.75, 3.05) is 26.7 Å². The number of carbonyl (C=O) groups is 1. The van der Waals surface area contributed by atoms with Gasteiger partial charge in [-0.25, -0.2) is 4.79 Å². The van der Waals surface area contributed by atoms with Crippen LogP contribution in [0.1, 0.15) is 31.4 Å². The molecule has 21 heavy (non-hydrogen) atoms. The van der Waals surface area contributed by atoms with E-state index >= 15 is 0 Å². The molecule has 116 valence electrons. The summed E-state index contributed by atoms with van der Waals surface area (Å²) in [6.07, 6.45) is 2.00. The van der Waals surface area contributed by atoms with Gasteiger partial charge in [-0.15, -0.1) is 0 Å². The van der Waals surface area contributed by atoms with E-state index in [0.29, 0.717) is 6.54 Å². The highest BCUT2D eigenvalue weighted by Crippen LogP contribution is 2.27. The smallest absolute Gasteiger partial charge is 0.406 e. The van der Waals surface area contributed by atoms with Crippen LogP contribution in [0.25, 0.3) is 0 Å². The largest absolute Gasteiger partial charge is 0.453 e. The summed E-state index contributed by atoms with van der Waals surface area (Å²) in [6.45, 7) is 4.94. The SMILES string of the molecule is COC(=O)NCC(c1ccc(Cl)cc1)N1CCC(C)CC1. The summed E-state index contributed by atoms with van der Waals surface area (Å²) >= 11 is 5.97. The molecule has 1 aliphatic heterocycles. The van der Waals surface area contributed by atoms with Crippen molar-refractivity contribution in [2.24, 2.45) is 5.92 Å². The van der Waals surface area contributed by atoms with Gasteiger partial charge in [-0.1, -0.05) is 30.7 Å². The van der Waals surface area contributed by atoms with Crippen LogP contribution < -0.4 is 5.32 Å². The van der Waals surface area contributed by atoms with E-state index in [2.05, 4.69) is 21.9 Å². The van der Waals surface area contributed by atoms with Crippen molar-refractivity contribution in [3.05, 3.63) is 34.9 Å². The summed E-state index contributed by atoms with van der Waals surface area (Å²) < 4.78 is 4.67. The zero-order valence-corrected chi connectivity index (χ0v) is 13.4. The fraction of sp³-hybridized carbons (Fsp3) is 0.562. The molecule has 1 atom stereocenters. The van der Waals surface area contributed by atoms with Gasteiger partial charge in [-0.2, -0.15) is 0 Å². The number of carbonyl (C=O) groups excluding carboxylic acids is 1. The molecule has 0 saturated carbocycles. The van der Waals surface area contributed by atoms with Gasteiger partial charge in [0.2, 0.25) is 0 Å². The van der Waals surface area contributed by atoms with Crippen molar-refractivity contribution in [3.8, 4) is 0 Å². The zero-order chi connectivity index (χ0) is 15.2. The molecule has 1 N–H and O–H groups in total. The Kier molecular flexibility index (Phi) is 5.88. The topological polar surface area (TPSA) is 41.6 Å². The number of rotatable bonds is 4. The highest BCUT2D eigenvalue weighted by molar-refractivity contribution is 6.30. The van der Waals surface area contributed by atoms with E-state index in [1.165, 1.54) is 25.5 Å². The molecule has 0 aromatic heterocycles. The van der Waals surface area contributed by atoms with Crippen LogP contribution in [0.15, 0.2) is 24.3 Å². The molecule has 0 bridgehead atoms. The number of nitrogens with one attached hydrogen (secondary N) is 1. The van der Waals surface area contributed by atoms with E-state index in [9.17, 15) is 4.79 Å². The third-order valence-corrected chi connectivity index (χ3v) is 4.39. The number of benzene rings is 1. The molecule has 2 rings (SSSR count). The molecule has 1 heterocycles. The third kappa shape index (κ3) is 4.61. The summed E-state index contributed by atoms with van der Waals surface area (Å²) in [5, 5.41) is 3.55. The van der Waals surface area contributed by atoms with Gasteiger partial charge in [0.15, 0.2) is 0 Å². The van der Waals surface area contributed by atoms with Gasteiger partial charge in [0.05, 0.1) is 13.2 Å². The lowest BCUT2D eigenvalue weighted by Crippen LogP contribution is -2.41. The molecule has 1 amide bonds. The van der Waals surface area contributed by atoms with Crippen molar-refractivity contribution in [2.45, 2.75) is 25.8 Å². The monoisotopic (exact) mass is 310 g/mol. The Morgan fingerprint density at radius 3 is 2.57 bits per heavy atom. The Labute approximate surface area is 131 Å². The number of hydrogen-bond donors (Lipinski definition) is 1. The highest BCUT2D eigenvalue weighted by Gasteiger charge is 2.25. The van der Waals surface area contributed by atoms with Crippen molar-refractivity contribution in [1.29, 1.82) is 0 Å². The van der Waals surface area contributed by atoms with Gasteiger partial charge in [0, 0.05) is 11.6 Å². The fourth-order valence-corrected chi connectivity index (χ4v) is 2.86. The van der Waals surface area contributed by atoms with E-state index in [1.807, 2.05) is 24.3 Å². The van der Waals surface area contributed by atoms with E-state index in [0.717, 1.165) is 24.0 Å². The standard InChI is InChI=1S/C16H23ClN2O2/c1-12-7-9-19(10-8-12)15(11-18-16(20)21-2)13-3-5-14(17)6-4-13/h3-6,12,15H,7-11H2,1-2H3,(H,18,20). The first-order chi connectivity index (χ1) is 10.1. The van der Waals surface area contributed by atoms with Crippen molar-refractivity contribution in [3.63, 3.8) is 0 Å². The Morgan fingerprint density at radius 1 is 1.38 bits per heavy atom. The second kappa shape index (κ2) is 7.66. The van der Waals surface area contributed by atoms with Crippen molar-refractivity contribution in [1.82, 2.24) is 10.2 Å². The zero-order valence-electron chi connectivity index (χ0n) is 12.6. The molecular weight excluding hydrogens is 288 g/mol. The number of halogens is 1. The minimum atomic E-state index is -0.389. The minimum absolute atomic E-state index is 0.161. The predicted molar refractivity (Wildman–Crippen MR) is 84.6 cm³/mol. The fourth-order valence-electron chi connectivity index (χ4n) is 2.74. The summed E-state index contributed by atoms with van der Waals surface area (Å²) in [7, 11) is 1.38. The second-order valence-electron chi connectivity index (χ2n) is 5.66. The van der Waals surface area contributed by atoms with Crippen LogP contribution in [0.4, 0.5) is 4.79 Å². The van der Waals surface area contributed by atoms with E-state index in [1.54, 1.807) is 0 Å². The number of amides is 1. The van der Waals surface area contributed by atoms with Crippen molar-refractivity contribution < 1.29 is 9.53 Å². The molecule has 1 aliphatic rings. The number of methoxy groups -OCH3 is 1. The summed E-state index contributed by atoms with van der Waals surface area (Å²) in [5.74, 6) is 0.778. The lowest BCUT2D eigenvalue weighted by Gasteiger charge is -2.37. The van der Waals surface area contributed by atoms with Crippen molar-refractivity contribution >= 4 is 17.7 Å². The van der Waals surface area contributed by atoms with Crippen LogP contribution in [0, 0.1) is 5.92 Å². The van der Waals surface area contributed by atoms with Crippen LogP contribution in [0.3, 0.4) is 0 Å². The summed E-state index contributed by atoms with van der Waals surface area (Å²) in [5.41, 5.74) is 1.17. The minimum Gasteiger partial charge on any atom is -0.453 e. The number of likely N-dealkylation sites (tertiary alicyclic amines) is 1. The maximum Gasteiger partial charge on any atom is 0.406 e. The van der Waals surface area contributed by atoms with Crippen LogP contribution in [-0.2, 0) is 4.74 Å². The van der Waals surface area contributed by atoms with Gasteiger partial charge in [0.25, 0.3) is 0 Å². The van der Waals surface area contributed by atoms with Crippen LogP contribution in [0.2, 0.25) is 5.02 Å². The van der Waals surface area contributed by atoms with Gasteiger partial charge < -0.3 is 10.1 Å². The van der Waals surface area contributed by atoms with Crippen LogP contribution >= 0.6 is 11.6 Å². The van der Waals surface area contributed by atoms with E-state index in [-0.39, 0.29) is 12.1 Å². The number of ether oxygens (including phenoxy) is 1. The van der Waals surface area contributed by atoms with Gasteiger partial charge in [0.1, 0.15) is 0 Å². The molecule has 0 radical (unpaired) electrons. The first-order valence-corrected chi connectivity index (χ1v) is 7.79. The van der Waals surface area contributed by atoms with Crippen LogP contribution in [0.5, 0.6) is 0 Å². The number of piperidine rings is 1. The lowest BCUT2D eigenvalue weighted by atomic mass is 9.95. The lowest BCUT2D eigenvalue weighted by molar-refractivity contribution is 0.128. The summed E-state index contributed by atoms with van der Waals surface area (Å²) in [4.78, 5) is 13.8. The Morgan fingerprint density at radius 2 is 2.00 bits per heavy atom. The quantitative estimate of drug-likeness (QED) is 0.926. The maximum absolute atomic E-state index is 11.4. The number of alkyl carbamates (subject to hydrolysis) is 1. The molecule has 1 unspecified atom stereocenters. The Bertz CT molecular complexity index is 456. The number of hydrogen-bond acceptors (Lipinski definition) is 3. The van der Waals surface area contributed by atoms with Crippen LogP contribution in [-0.4, -0.2) is 37.7 Å². The number of nitrogens with zero attached hydrogens (tertiary/aromatic N) is 1. The molecule has 5 heteroatoms. The average molecular weight is 311 g/mol. The summed E-state index contributed by atoms with van der Waals surface area (Å²) in [6, 6.07) is 8.02. The molecule has 0 aliphatic carbocycles. The predicted octanol–water partition coefficient (Wildman–Crippen LogP) is 3.47. The molecule has 4 nitrogen and oxygen atoms in total. The van der Waals surface area contributed by atoms with Gasteiger partial charge >= 0.3 is 6.09 Å². The Balaban J connectivity index is 2.09. The maximum atomic E-state index is 11.4. The normalized spacial score (nSPS) is 18.2. The van der Waals surface area contributed by atoms with E-state index < -0.39 is 0 Å². The average Bonchev–Trinajstić information content (AvgIpc) is 2.50. The second-order valence-corrected chi connectivity index (χ2v) is 6.09. The Hall–Kier alpha value is -1.26. The molecule has 1 aromatic rings. The van der Waals surface area contributed by atoms with Gasteiger partial charge in [-0.3, -0.25) is 4.90 Å². The first-order valence-electron chi connectivity index (χ1n) is 7.41. The van der Waals surface area contributed by atoms with Gasteiger partial charge in [-0.05, 0) is 49.5 Å². The molecule has 1 aromatic carbocycles. The molecule has 0 spiro atoms. The van der Waals surface area contributed by atoms with E-state index in [4.69, 9.17) is 11.6 Å². The molecule has 1 saturated heterocycles. The first kappa shape index (κ1) is 16.1. The highest BCUT2D eigenvalue weighted by atomic mass is 35.5. The molecular formula is C16H23ClN2O2.